The standard InChI is InChI=1S/C5H4BrN.C5H11N/c6-5-2-1-3-7-4-5;1-6-4-2-3-5-6/h1-4H;2-5H2,1H3. The van der Waals surface area contributed by atoms with Gasteiger partial charge in [0.1, 0.15) is 0 Å². The van der Waals surface area contributed by atoms with Crippen LogP contribution < -0.4 is 0 Å². The fourth-order valence-electron chi connectivity index (χ4n) is 1.22. The van der Waals surface area contributed by atoms with Crippen molar-refractivity contribution in [2.45, 2.75) is 12.8 Å². The predicted octanol–water partition coefficient (Wildman–Crippen LogP) is 2.56. The normalized spacial score (nSPS) is 16.5. The zero-order valence-corrected chi connectivity index (χ0v) is 9.50. The highest BCUT2D eigenvalue weighted by atomic mass is 79.9. The minimum Gasteiger partial charge on any atom is -0.306 e. The fraction of sp³-hybridized carbons (Fsp3) is 0.500. The Bertz CT molecular complexity index is 220. The maximum atomic E-state index is 3.84. The van der Waals surface area contributed by atoms with Crippen LogP contribution in [0.15, 0.2) is 29.0 Å². The van der Waals surface area contributed by atoms with Gasteiger partial charge in [-0.3, -0.25) is 4.98 Å². The van der Waals surface area contributed by atoms with Gasteiger partial charge in [0.25, 0.3) is 0 Å². The lowest BCUT2D eigenvalue weighted by atomic mass is 10.4. The van der Waals surface area contributed by atoms with Crippen molar-refractivity contribution in [3.63, 3.8) is 0 Å². The molecule has 1 fully saturated rings. The molecule has 0 aliphatic carbocycles. The van der Waals surface area contributed by atoms with Crippen molar-refractivity contribution < 1.29 is 0 Å². The number of pyridine rings is 1. The number of rotatable bonds is 0. The van der Waals surface area contributed by atoms with E-state index in [1.54, 1.807) is 12.4 Å². The molecule has 2 nitrogen and oxygen atoms in total. The predicted molar refractivity (Wildman–Crippen MR) is 58.7 cm³/mol. The molecule has 0 aromatic carbocycles. The summed E-state index contributed by atoms with van der Waals surface area (Å²) in [6, 6.07) is 3.82. The highest BCUT2D eigenvalue weighted by Crippen LogP contribution is 2.03. The first-order valence-electron chi connectivity index (χ1n) is 4.53. The molecule has 3 heteroatoms. The number of nitrogens with zero attached hydrogens (tertiary/aromatic N) is 2. The van der Waals surface area contributed by atoms with Gasteiger partial charge in [-0.05, 0) is 61.0 Å². The van der Waals surface area contributed by atoms with E-state index in [1.165, 1.54) is 25.9 Å². The SMILES string of the molecule is Brc1cccnc1.CN1CCCC1. The summed E-state index contributed by atoms with van der Waals surface area (Å²) in [5.41, 5.74) is 0. The van der Waals surface area contributed by atoms with Gasteiger partial charge in [0.05, 0.1) is 0 Å². The largest absolute Gasteiger partial charge is 0.306 e. The summed E-state index contributed by atoms with van der Waals surface area (Å²) >= 11 is 3.25. The maximum absolute atomic E-state index is 3.84. The van der Waals surface area contributed by atoms with Gasteiger partial charge in [-0.15, -0.1) is 0 Å². The Morgan fingerprint density at radius 1 is 1.38 bits per heavy atom. The van der Waals surface area contributed by atoms with Crippen molar-refractivity contribution in [3.8, 4) is 0 Å². The van der Waals surface area contributed by atoms with Gasteiger partial charge in [-0.1, -0.05) is 0 Å². The zero-order valence-electron chi connectivity index (χ0n) is 7.91. The Morgan fingerprint density at radius 3 is 2.31 bits per heavy atom. The Kier molecular flexibility index (Phi) is 5.01. The average Bonchev–Trinajstić information content (AvgIpc) is 2.58. The van der Waals surface area contributed by atoms with Crippen LogP contribution in [0.5, 0.6) is 0 Å². The van der Waals surface area contributed by atoms with E-state index in [2.05, 4.69) is 32.9 Å². The third kappa shape index (κ3) is 5.01. The van der Waals surface area contributed by atoms with Crippen LogP contribution in [0, 0.1) is 0 Å². The quantitative estimate of drug-likeness (QED) is 0.696. The van der Waals surface area contributed by atoms with E-state index in [1.807, 2.05) is 12.1 Å². The van der Waals surface area contributed by atoms with Crippen LogP contribution in [0.4, 0.5) is 0 Å². The van der Waals surface area contributed by atoms with Crippen LogP contribution in [0.3, 0.4) is 0 Å². The molecule has 0 radical (unpaired) electrons. The van der Waals surface area contributed by atoms with Gasteiger partial charge in [0.15, 0.2) is 0 Å². The van der Waals surface area contributed by atoms with Crippen molar-refractivity contribution in [1.82, 2.24) is 9.88 Å². The topological polar surface area (TPSA) is 16.1 Å². The minimum atomic E-state index is 1.02. The molecule has 0 saturated carbocycles. The molecule has 72 valence electrons. The summed E-state index contributed by atoms with van der Waals surface area (Å²) in [5, 5.41) is 0. The summed E-state index contributed by atoms with van der Waals surface area (Å²) < 4.78 is 1.02. The van der Waals surface area contributed by atoms with E-state index < -0.39 is 0 Å². The molecule has 13 heavy (non-hydrogen) atoms. The Labute approximate surface area is 88.1 Å². The summed E-state index contributed by atoms with van der Waals surface area (Å²) in [7, 11) is 2.17. The molecule has 0 atom stereocenters. The summed E-state index contributed by atoms with van der Waals surface area (Å²) in [4.78, 5) is 6.20. The molecule has 1 aromatic heterocycles. The van der Waals surface area contributed by atoms with E-state index in [-0.39, 0.29) is 0 Å². The van der Waals surface area contributed by atoms with E-state index in [9.17, 15) is 0 Å². The number of halogens is 1. The van der Waals surface area contributed by atoms with Crippen molar-refractivity contribution in [2.24, 2.45) is 0 Å². The lowest BCUT2D eigenvalue weighted by Crippen LogP contribution is -2.10. The number of aromatic nitrogens is 1. The van der Waals surface area contributed by atoms with Crippen LogP contribution in [-0.4, -0.2) is 30.0 Å². The van der Waals surface area contributed by atoms with Crippen molar-refractivity contribution in [2.75, 3.05) is 20.1 Å². The third-order valence-corrected chi connectivity index (χ3v) is 2.42. The molecular weight excluding hydrogens is 228 g/mol. The first-order valence-corrected chi connectivity index (χ1v) is 5.32. The Balaban J connectivity index is 0.000000132. The van der Waals surface area contributed by atoms with Crippen molar-refractivity contribution >= 4 is 15.9 Å². The van der Waals surface area contributed by atoms with Crippen LogP contribution in [-0.2, 0) is 0 Å². The second-order valence-electron chi connectivity index (χ2n) is 3.18. The highest BCUT2D eigenvalue weighted by Gasteiger charge is 2.03. The molecule has 0 amide bonds. The van der Waals surface area contributed by atoms with Gasteiger partial charge < -0.3 is 4.90 Å². The monoisotopic (exact) mass is 242 g/mol. The molecular formula is C10H15BrN2. The third-order valence-electron chi connectivity index (χ3n) is 1.96. The number of hydrogen-bond donors (Lipinski definition) is 0. The molecule has 1 aromatic rings. The zero-order chi connectivity index (χ0) is 9.52. The molecule has 1 aliphatic heterocycles. The van der Waals surface area contributed by atoms with Gasteiger partial charge in [-0.2, -0.15) is 0 Å². The van der Waals surface area contributed by atoms with E-state index >= 15 is 0 Å². The molecule has 0 N–H and O–H groups in total. The first kappa shape index (κ1) is 10.7. The van der Waals surface area contributed by atoms with Gasteiger partial charge >= 0.3 is 0 Å². The second-order valence-corrected chi connectivity index (χ2v) is 4.10. The smallest absolute Gasteiger partial charge is 0.0410 e. The van der Waals surface area contributed by atoms with Gasteiger partial charge in [-0.25, -0.2) is 0 Å². The van der Waals surface area contributed by atoms with Crippen LogP contribution in [0.2, 0.25) is 0 Å². The van der Waals surface area contributed by atoms with E-state index in [0.29, 0.717) is 0 Å². The molecule has 0 unspecified atom stereocenters. The molecule has 2 heterocycles. The van der Waals surface area contributed by atoms with Crippen molar-refractivity contribution in [3.05, 3.63) is 29.0 Å². The molecule has 1 saturated heterocycles. The fourth-order valence-corrected chi connectivity index (χ4v) is 1.49. The van der Waals surface area contributed by atoms with Crippen LogP contribution in [0.1, 0.15) is 12.8 Å². The Hall–Kier alpha value is -0.410. The summed E-state index contributed by atoms with van der Waals surface area (Å²) in [5.74, 6) is 0. The van der Waals surface area contributed by atoms with E-state index in [0.717, 1.165) is 4.47 Å². The van der Waals surface area contributed by atoms with Gasteiger partial charge in [0.2, 0.25) is 0 Å². The highest BCUT2D eigenvalue weighted by molar-refractivity contribution is 9.10. The summed E-state index contributed by atoms with van der Waals surface area (Å²) in [6.07, 6.45) is 6.32. The molecule has 0 spiro atoms. The first-order chi connectivity index (χ1) is 6.29. The van der Waals surface area contributed by atoms with Gasteiger partial charge in [0, 0.05) is 16.9 Å². The maximum Gasteiger partial charge on any atom is 0.0410 e. The molecule has 1 aliphatic rings. The number of hydrogen-bond acceptors (Lipinski definition) is 2. The van der Waals surface area contributed by atoms with Crippen LogP contribution >= 0.6 is 15.9 Å². The average molecular weight is 243 g/mol. The van der Waals surface area contributed by atoms with E-state index in [4.69, 9.17) is 0 Å². The second kappa shape index (κ2) is 6.11. The Morgan fingerprint density at radius 2 is 2.08 bits per heavy atom. The number of likely N-dealkylation sites (tertiary alicyclic amines) is 1. The van der Waals surface area contributed by atoms with Crippen LogP contribution in [0.25, 0.3) is 0 Å². The van der Waals surface area contributed by atoms with Crippen molar-refractivity contribution in [1.29, 1.82) is 0 Å². The summed E-state index contributed by atoms with van der Waals surface area (Å²) in [6.45, 7) is 2.64. The molecule has 0 bridgehead atoms. The minimum absolute atomic E-state index is 1.02. The molecule has 2 rings (SSSR count). The lowest BCUT2D eigenvalue weighted by molar-refractivity contribution is 0.418. The lowest BCUT2D eigenvalue weighted by Gasteiger charge is -2.01.